The molecule has 0 bridgehead atoms. The summed E-state index contributed by atoms with van der Waals surface area (Å²) in [4.78, 5) is 26.2. The summed E-state index contributed by atoms with van der Waals surface area (Å²) in [5, 5.41) is 5.80. The van der Waals surface area contributed by atoms with Gasteiger partial charge >= 0.3 is 0 Å². The summed E-state index contributed by atoms with van der Waals surface area (Å²) in [6.45, 7) is 3.47. The summed E-state index contributed by atoms with van der Waals surface area (Å²) >= 11 is 0. The molecule has 142 valence electrons. The first-order valence-corrected chi connectivity index (χ1v) is 9.12. The second-order valence-corrected chi connectivity index (χ2v) is 6.92. The van der Waals surface area contributed by atoms with Gasteiger partial charge < -0.3 is 20.1 Å². The molecule has 2 aliphatic rings. The number of rotatable bonds is 5. The van der Waals surface area contributed by atoms with Crippen molar-refractivity contribution in [2.75, 3.05) is 39.9 Å². The van der Waals surface area contributed by atoms with Crippen molar-refractivity contribution in [2.45, 2.75) is 31.4 Å². The number of hydrogen-bond donors (Lipinski definition) is 2. The minimum atomic E-state index is -0.356. The molecule has 2 saturated heterocycles. The average molecular weight is 361 g/mol. The van der Waals surface area contributed by atoms with E-state index < -0.39 is 0 Å². The van der Waals surface area contributed by atoms with Crippen molar-refractivity contribution in [3.8, 4) is 5.75 Å². The Bertz CT molecular complexity index is 641. The molecular formula is C19H27N3O4. The van der Waals surface area contributed by atoms with Crippen LogP contribution in [0.5, 0.6) is 5.75 Å². The Morgan fingerprint density at radius 1 is 1.35 bits per heavy atom. The van der Waals surface area contributed by atoms with Crippen LogP contribution in [-0.2, 0) is 20.9 Å². The summed E-state index contributed by atoms with van der Waals surface area (Å²) in [6.07, 6.45) is 1.97. The highest BCUT2D eigenvalue weighted by Gasteiger charge is 2.39. The molecule has 0 atom stereocenters. The molecule has 0 radical (unpaired) electrons. The second kappa shape index (κ2) is 8.51. The summed E-state index contributed by atoms with van der Waals surface area (Å²) in [6, 6.07) is 7.66. The highest BCUT2D eigenvalue weighted by Crippen LogP contribution is 2.30. The lowest BCUT2D eigenvalue weighted by molar-refractivity contribution is -0.131. The average Bonchev–Trinajstić information content (AvgIpc) is 2.83. The van der Waals surface area contributed by atoms with Crippen LogP contribution in [0.3, 0.4) is 0 Å². The van der Waals surface area contributed by atoms with Gasteiger partial charge in [-0.05, 0) is 18.9 Å². The molecule has 0 aliphatic carbocycles. The van der Waals surface area contributed by atoms with Crippen molar-refractivity contribution in [1.82, 2.24) is 15.5 Å². The Morgan fingerprint density at radius 3 is 2.88 bits per heavy atom. The number of nitrogens with zero attached hydrogens (tertiary/aromatic N) is 1. The Morgan fingerprint density at radius 2 is 2.12 bits per heavy atom. The van der Waals surface area contributed by atoms with Gasteiger partial charge in [-0.1, -0.05) is 18.2 Å². The van der Waals surface area contributed by atoms with Gasteiger partial charge in [0.25, 0.3) is 0 Å². The predicted molar refractivity (Wildman–Crippen MR) is 96.8 cm³/mol. The molecule has 1 spiro atoms. The van der Waals surface area contributed by atoms with Crippen LogP contribution in [0.25, 0.3) is 0 Å². The summed E-state index contributed by atoms with van der Waals surface area (Å²) in [5.74, 6) is 0.827. The molecule has 7 heteroatoms. The van der Waals surface area contributed by atoms with Crippen molar-refractivity contribution in [3.05, 3.63) is 29.8 Å². The molecule has 0 saturated carbocycles. The van der Waals surface area contributed by atoms with Crippen molar-refractivity contribution in [3.63, 3.8) is 0 Å². The van der Waals surface area contributed by atoms with Crippen LogP contribution in [0.15, 0.2) is 24.3 Å². The number of nitrogens with one attached hydrogen (secondary N) is 2. The topological polar surface area (TPSA) is 79.9 Å². The number of hydrogen-bond acceptors (Lipinski definition) is 5. The first-order chi connectivity index (χ1) is 12.6. The number of para-hydroxylation sites is 1. The molecule has 2 amide bonds. The van der Waals surface area contributed by atoms with Gasteiger partial charge in [0.2, 0.25) is 11.8 Å². The Labute approximate surface area is 154 Å². The fraction of sp³-hybridized carbons (Fsp3) is 0.579. The van der Waals surface area contributed by atoms with Crippen LogP contribution in [0.1, 0.15) is 24.8 Å². The van der Waals surface area contributed by atoms with E-state index in [9.17, 15) is 9.59 Å². The Balaban J connectivity index is 1.45. The third-order valence-corrected chi connectivity index (χ3v) is 5.12. The molecular weight excluding hydrogens is 334 g/mol. The maximum Gasteiger partial charge on any atom is 0.234 e. The van der Waals surface area contributed by atoms with Crippen molar-refractivity contribution in [1.29, 1.82) is 0 Å². The van der Waals surface area contributed by atoms with Crippen molar-refractivity contribution < 1.29 is 19.1 Å². The van der Waals surface area contributed by atoms with Crippen LogP contribution >= 0.6 is 0 Å². The second-order valence-electron chi connectivity index (χ2n) is 6.92. The molecule has 2 fully saturated rings. The summed E-state index contributed by atoms with van der Waals surface area (Å²) in [5.41, 5.74) is 0.601. The van der Waals surface area contributed by atoms with E-state index in [1.165, 1.54) is 0 Å². The van der Waals surface area contributed by atoms with Gasteiger partial charge in [-0.2, -0.15) is 0 Å². The number of carbonyl (C=O) groups is 2. The van der Waals surface area contributed by atoms with E-state index in [0.717, 1.165) is 37.2 Å². The third-order valence-electron chi connectivity index (χ3n) is 5.12. The summed E-state index contributed by atoms with van der Waals surface area (Å²) in [7, 11) is 1.63. The highest BCUT2D eigenvalue weighted by atomic mass is 16.5. The first kappa shape index (κ1) is 18.7. The molecule has 3 rings (SSSR count). The Kier molecular flexibility index (Phi) is 6.11. The van der Waals surface area contributed by atoms with Gasteiger partial charge in [0, 0.05) is 31.7 Å². The molecule has 2 heterocycles. The number of amides is 2. The zero-order chi connectivity index (χ0) is 18.4. The zero-order valence-corrected chi connectivity index (χ0v) is 15.3. The number of methoxy groups -OCH3 is 1. The minimum Gasteiger partial charge on any atom is -0.496 e. The minimum absolute atomic E-state index is 0.00798. The van der Waals surface area contributed by atoms with Crippen molar-refractivity contribution >= 4 is 11.8 Å². The van der Waals surface area contributed by atoms with E-state index in [-0.39, 0.29) is 17.4 Å². The zero-order valence-electron chi connectivity index (χ0n) is 15.3. The van der Waals surface area contributed by atoms with Crippen LogP contribution in [0, 0.1) is 0 Å². The van der Waals surface area contributed by atoms with Gasteiger partial charge in [-0.15, -0.1) is 0 Å². The van der Waals surface area contributed by atoms with E-state index in [4.69, 9.17) is 9.47 Å². The van der Waals surface area contributed by atoms with Gasteiger partial charge in [-0.3, -0.25) is 14.5 Å². The van der Waals surface area contributed by atoms with Gasteiger partial charge in [0.15, 0.2) is 0 Å². The highest BCUT2D eigenvalue weighted by molar-refractivity contribution is 5.78. The largest absolute Gasteiger partial charge is 0.496 e. The SMILES string of the molecule is COc1ccccc1CNC(=O)CN1CCC2(CC1)CC(=O)NCCO2. The molecule has 7 nitrogen and oxygen atoms in total. The summed E-state index contributed by atoms with van der Waals surface area (Å²) < 4.78 is 11.3. The van der Waals surface area contributed by atoms with E-state index in [1.807, 2.05) is 24.3 Å². The smallest absolute Gasteiger partial charge is 0.234 e. The quantitative estimate of drug-likeness (QED) is 0.806. The fourth-order valence-corrected chi connectivity index (χ4v) is 3.61. The lowest BCUT2D eigenvalue weighted by atomic mass is 9.87. The number of likely N-dealkylation sites (tertiary alicyclic amines) is 1. The number of carbonyl (C=O) groups excluding carboxylic acids is 2. The van der Waals surface area contributed by atoms with Gasteiger partial charge in [0.1, 0.15) is 5.75 Å². The number of benzene rings is 1. The molecule has 1 aromatic rings. The molecule has 0 unspecified atom stereocenters. The molecule has 2 aliphatic heterocycles. The predicted octanol–water partition coefficient (Wildman–Crippen LogP) is 0.683. The number of piperidine rings is 1. The lowest BCUT2D eigenvalue weighted by Gasteiger charge is -2.40. The van der Waals surface area contributed by atoms with Gasteiger partial charge in [0.05, 0.1) is 32.3 Å². The molecule has 26 heavy (non-hydrogen) atoms. The first-order valence-electron chi connectivity index (χ1n) is 9.12. The van der Waals surface area contributed by atoms with Crippen LogP contribution in [-0.4, -0.2) is 62.2 Å². The van der Waals surface area contributed by atoms with Crippen LogP contribution < -0.4 is 15.4 Å². The standard InChI is InChI=1S/C19H27N3O4/c1-25-16-5-3-2-4-15(16)13-21-18(24)14-22-9-6-19(7-10-22)12-17(23)20-8-11-26-19/h2-5H,6-14H2,1H3,(H,20,23)(H,21,24). The maximum atomic E-state index is 12.3. The lowest BCUT2D eigenvalue weighted by Crippen LogP contribution is -2.49. The third kappa shape index (κ3) is 4.74. The normalized spacial score (nSPS) is 20.3. The van der Waals surface area contributed by atoms with Crippen LogP contribution in [0.2, 0.25) is 0 Å². The van der Waals surface area contributed by atoms with E-state index in [2.05, 4.69) is 15.5 Å². The van der Waals surface area contributed by atoms with Crippen LogP contribution in [0.4, 0.5) is 0 Å². The Hall–Kier alpha value is -2.12. The molecule has 2 N–H and O–H groups in total. The van der Waals surface area contributed by atoms with Gasteiger partial charge in [-0.25, -0.2) is 0 Å². The van der Waals surface area contributed by atoms with E-state index in [1.54, 1.807) is 7.11 Å². The molecule has 1 aromatic carbocycles. The van der Waals surface area contributed by atoms with E-state index in [0.29, 0.717) is 32.7 Å². The number of ether oxygens (including phenoxy) is 2. The monoisotopic (exact) mass is 361 g/mol. The fourth-order valence-electron chi connectivity index (χ4n) is 3.61. The van der Waals surface area contributed by atoms with E-state index >= 15 is 0 Å². The van der Waals surface area contributed by atoms with Crippen molar-refractivity contribution in [2.24, 2.45) is 0 Å². The maximum absolute atomic E-state index is 12.3. The molecule has 0 aromatic heterocycles.